The molecule has 2 fully saturated rings. The summed E-state index contributed by atoms with van der Waals surface area (Å²) < 4.78 is 36.7. The molecule has 4 aliphatic rings. The van der Waals surface area contributed by atoms with Crippen LogP contribution in [0.3, 0.4) is 0 Å². The Morgan fingerprint density at radius 1 is 1.19 bits per heavy atom. The lowest BCUT2D eigenvalue weighted by Crippen LogP contribution is -2.76. The Morgan fingerprint density at radius 3 is 2.56 bits per heavy atom. The fourth-order valence-corrected chi connectivity index (χ4v) is 7.85. The van der Waals surface area contributed by atoms with Crippen molar-refractivity contribution >= 4 is 39.1 Å². The minimum atomic E-state index is -1.85. The predicted molar refractivity (Wildman–Crippen MR) is 136 cm³/mol. The number of halogens is 1. The number of aryl methyl sites for hydroxylation is 2. The zero-order valence-corrected chi connectivity index (χ0v) is 22.9. The number of carbonyl (C=O) groups is 1. The van der Waals surface area contributed by atoms with Gasteiger partial charge in [0.2, 0.25) is 11.9 Å². The molecular formula is C26H29IO9. The maximum absolute atomic E-state index is 12.9. The highest BCUT2D eigenvalue weighted by atomic mass is 127. The molecule has 0 amide bonds. The number of carbonyl (C=O) groups excluding carboxylic acids is 1. The van der Waals surface area contributed by atoms with Gasteiger partial charge in [-0.05, 0) is 48.8 Å². The van der Waals surface area contributed by atoms with E-state index in [1.54, 1.807) is 0 Å². The molecule has 5 atom stereocenters. The van der Waals surface area contributed by atoms with Gasteiger partial charge in [0.25, 0.3) is 11.6 Å². The molecule has 3 aliphatic heterocycles. The number of ether oxygens (including phenoxy) is 6. The Kier molecular flexibility index (Phi) is 5.49. The van der Waals surface area contributed by atoms with Gasteiger partial charge in [-0.2, -0.15) is 0 Å². The average Bonchev–Trinajstić information content (AvgIpc) is 3.37. The van der Waals surface area contributed by atoms with Gasteiger partial charge in [0.1, 0.15) is 17.6 Å². The topological polar surface area (TPSA) is 113 Å². The van der Waals surface area contributed by atoms with Crippen molar-refractivity contribution in [2.24, 2.45) is 0 Å². The summed E-state index contributed by atoms with van der Waals surface area (Å²) in [7, 11) is 4.33. The molecule has 2 bridgehead atoms. The van der Waals surface area contributed by atoms with E-state index in [0.29, 0.717) is 28.7 Å². The summed E-state index contributed by atoms with van der Waals surface area (Å²) in [6.45, 7) is 3.91. The van der Waals surface area contributed by atoms with E-state index in [-0.39, 0.29) is 16.0 Å². The number of hydrogen-bond donors (Lipinski definition) is 2. The van der Waals surface area contributed by atoms with Gasteiger partial charge in [0, 0.05) is 37.7 Å². The Morgan fingerprint density at radius 2 is 1.92 bits per heavy atom. The Hall–Kier alpha value is -1.54. The molecule has 9 nitrogen and oxygen atoms in total. The van der Waals surface area contributed by atoms with Gasteiger partial charge in [0.15, 0.2) is 11.9 Å². The molecule has 0 radical (unpaired) electrons. The monoisotopic (exact) mass is 612 g/mol. The smallest absolute Gasteiger partial charge is 0.275 e. The molecule has 10 heteroatoms. The van der Waals surface area contributed by atoms with E-state index in [0.717, 1.165) is 34.9 Å². The number of hydrogen-bond acceptors (Lipinski definition) is 9. The quantitative estimate of drug-likeness (QED) is 0.298. The molecule has 0 saturated carbocycles. The van der Waals surface area contributed by atoms with Crippen LogP contribution in [0.1, 0.15) is 51.6 Å². The van der Waals surface area contributed by atoms with Crippen molar-refractivity contribution in [1.29, 1.82) is 0 Å². The van der Waals surface area contributed by atoms with Crippen LogP contribution in [-0.2, 0) is 30.1 Å². The van der Waals surface area contributed by atoms with E-state index in [4.69, 9.17) is 28.4 Å². The third-order valence-corrected chi connectivity index (χ3v) is 9.55. The predicted octanol–water partition coefficient (Wildman–Crippen LogP) is 3.37. The lowest BCUT2D eigenvalue weighted by Gasteiger charge is -2.54. The fraction of sp³-hybridized carbons (Fsp3) is 0.577. The highest BCUT2D eigenvalue weighted by Crippen LogP contribution is 2.67. The van der Waals surface area contributed by atoms with Crippen molar-refractivity contribution in [2.45, 2.75) is 68.8 Å². The van der Waals surface area contributed by atoms with E-state index >= 15 is 0 Å². The van der Waals surface area contributed by atoms with Crippen molar-refractivity contribution in [3.8, 4) is 11.5 Å². The van der Waals surface area contributed by atoms with Crippen LogP contribution in [0.15, 0.2) is 6.07 Å². The number of aliphatic hydroxyl groups is 1. The Labute approximate surface area is 222 Å². The standard InChI is InChI=1S/C26H29IO9/c1-11-9-14-12(2)13-7-6-8-15(28)17(13)19(29)18(14)20-16(11)21-22-25(33-5,34-20)24(30,10-27)26(35-21,36-22)23(31-3)32-4/h9,21-23,29-30H,6-8,10H2,1-5H3/t21?,22?,24-,25+,26?/m0/s1. The largest absolute Gasteiger partial charge is 0.506 e. The Balaban J connectivity index is 1.68. The number of alkyl halides is 1. The number of Topliss-reactive ketones (excluding diaryl/α,β-unsaturated/α-hetero) is 1. The normalized spacial score (nSPS) is 34.3. The van der Waals surface area contributed by atoms with Crippen LogP contribution in [0.25, 0.3) is 10.8 Å². The number of phenolic OH excluding ortho intramolecular Hbond substituents is 1. The van der Waals surface area contributed by atoms with Crippen LogP contribution in [0, 0.1) is 13.8 Å². The second-order valence-electron chi connectivity index (χ2n) is 9.98. The van der Waals surface area contributed by atoms with Crippen LogP contribution in [0.5, 0.6) is 11.5 Å². The summed E-state index contributed by atoms with van der Waals surface area (Å²) >= 11 is 2.04. The van der Waals surface area contributed by atoms with Crippen LogP contribution in [-0.4, -0.2) is 71.3 Å². The summed E-state index contributed by atoms with van der Waals surface area (Å²) in [5.41, 5.74) is 1.84. The number of benzene rings is 2. The third-order valence-electron chi connectivity index (χ3n) is 8.45. The summed E-state index contributed by atoms with van der Waals surface area (Å²) in [6.07, 6.45) is -0.764. The van der Waals surface area contributed by atoms with E-state index in [1.807, 2.05) is 42.5 Å². The van der Waals surface area contributed by atoms with Crippen molar-refractivity contribution in [3.05, 3.63) is 33.9 Å². The van der Waals surface area contributed by atoms with Crippen molar-refractivity contribution < 1.29 is 43.4 Å². The molecule has 0 spiro atoms. The molecule has 0 aromatic heterocycles. The second-order valence-corrected chi connectivity index (χ2v) is 10.7. The van der Waals surface area contributed by atoms with Crippen molar-refractivity contribution in [2.75, 3.05) is 25.8 Å². The lowest BCUT2D eigenvalue weighted by molar-refractivity contribution is -0.390. The minimum Gasteiger partial charge on any atom is -0.506 e. The van der Waals surface area contributed by atoms with Crippen LogP contribution < -0.4 is 4.74 Å². The highest BCUT2D eigenvalue weighted by molar-refractivity contribution is 14.1. The summed E-state index contributed by atoms with van der Waals surface area (Å²) in [4.78, 5) is 12.9. The summed E-state index contributed by atoms with van der Waals surface area (Å²) in [5.74, 6) is -3.29. The molecule has 194 valence electrons. The zero-order valence-electron chi connectivity index (χ0n) is 20.8. The third kappa shape index (κ3) is 2.59. The highest BCUT2D eigenvalue weighted by Gasteiger charge is 2.87. The maximum atomic E-state index is 12.9. The van der Waals surface area contributed by atoms with Crippen molar-refractivity contribution in [1.82, 2.24) is 0 Å². The number of rotatable bonds is 5. The average molecular weight is 612 g/mol. The molecule has 2 saturated heterocycles. The van der Waals surface area contributed by atoms with Gasteiger partial charge in [0.05, 0.1) is 10.9 Å². The number of aromatic hydroxyl groups is 1. The van der Waals surface area contributed by atoms with E-state index < -0.39 is 35.7 Å². The molecule has 3 heterocycles. The molecule has 6 rings (SSSR count). The van der Waals surface area contributed by atoms with Gasteiger partial charge in [-0.3, -0.25) is 4.79 Å². The number of ketones is 1. The first-order chi connectivity index (χ1) is 17.2. The minimum absolute atomic E-state index is 0.0851. The fourth-order valence-electron chi connectivity index (χ4n) is 6.78. The number of methoxy groups -OCH3 is 3. The summed E-state index contributed by atoms with van der Waals surface area (Å²) in [5, 5.41) is 24.9. The van der Waals surface area contributed by atoms with Crippen LogP contribution >= 0.6 is 22.6 Å². The first kappa shape index (κ1) is 24.8. The number of fused-ring (bicyclic) bond motifs is 6. The summed E-state index contributed by atoms with van der Waals surface area (Å²) in [6, 6.07) is 1.99. The van der Waals surface area contributed by atoms with E-state index in [9.17, 15) is 15.0 Å². The SMILES string of the molecule is COC(OC)C12OC3c4c(C)cc5c(C)c6c(c(O)c5c4O[C@](OC)(C3O1)[C@@]2(O)CI)C(=O)CCC6. The molecule has 36 heavy (non-hydrogen) atoms. The number of phenols is 1. The van der Waals surface area contributed by atoms with Crippen molar-refractivity contribution in [3.63, 3.8) is 0 Å². The molecule has 2 N–H and O–H groups in total. The van der Waals surface area contributed by atoms with Gasteiger partial charge in [-0.25, -0.2) is 0 Å². The van der Waals surface area contributed by atoms with Crippen LogP contribution in [0.4, 0.5) is 0 Å². The maximum Gasteiger partial charge on any atom is 0.275 e. The molecule has 2 aromatic carbocycles. The van der Waals surface area contributed by atoms with Crippen LogP contribution in [0.2, 0.25) is 0 Å². The first-order valence-corrected chi connectivity index (χ1v) is 13.5. The molecule has 2 aromatic rings. The first-order valence-electron chi connectivity index (χ1n) is 11.9. The molecular weight excluding hydrogens is 583 g/mol. The molecule has 3 unspecified atom stereocenters. The van der Waals surface area contributed by atoms with Gasteiger partial charge < -0.3 is 38.6 Å². The van der Waals surface area contributed by atoms with Gasteiger partial charge in [-0.1, -0.05) is 28.7 Å². The lowest BCUT2D eigenvalue weighted by atomic mass is 9.76. The van der Waals surface area contributed by atoms with E-state index in [1.165, 1.54) is 21.3 Å². The zero-order chi connectivity index (χ0) is 25.8. The van der Waals surface area contributed by atoms with Gasteiger partial charge >= 0.3 is 0 Å². The Bertz CT molecular complexity index is 1310. The second kappa shape index (κ2) is 7.98. The van der Waals surface area contributed by atoms with Gasteiger partial charge in [-0.15, -0.1) is 0 Å². The van der Waals surface area contributed by atoms with E-state index in [2.05, 4.69) is 0 Å². The molecule has 1 aliphatic carbocycles.